The van der Waals surface area contributed by atoms with Crippen LogP contribution >= 0.6 is 11.8 Å². The van der Waals surface area contributed by atoms with E-state index < -0.39 is 0 Å². The lowest BCUT2D eigenvalue weighted by atomic mass is 9.96. The van der Waals surface area contributed by atoms with Crippen LogP contribution in [0.15, 0.2) is 54.9 Å². The van der Waals surface area contributed by atoms with E-state index in [0.29, 0.717) is 33.6 Å². The van der Waals surface area contributed by atoms with Gasteiger partial charge in [0, 0.05) is 16.9 Å². The molecule has 0 fully saturated rings. The Bertz CT molecular complexity index is 849. The summed E-state index contributed by atoms with van der Waals surface area (Å²) in [6.45, 7) is 4.22. The molecule has 25 heavy (non-hydrogen) atoms. The predicted molar refractivity (Wildman–Crippen MR) is 104 cm³/mol. The first-order valence-electron chi connectivity index (χ1n) is 8.12. The van der Waals surface area contributed by atoms with E-state index in [-0.39, 0.29) is 5.82 Å². The van der Waals surface area contributed by atoms with E-state index in [2.05, 4.69) is 23.8 Å². The van der Waals surface area contributed by atoms with Crippen molar-refractivity contribution >= 4 is 17.6 Å². The van der Waals surface area contributed by atoms with E-state index >= 15 is 4.39 Å². The standard InChI is InChI=1S/C20H20FN3S/c1-13(2)25-12-17-15(14-6-4-3-5-7-14)8-9-16(20(17)21)18-10-24-19(22)11-23-18/h3-11,13H,12H2,1-2H3,(H2,22,24). The van der Waals surface area contributed by atoms with Crippen LogP contribution in [-0.4, -0.2) is 15.2 Å². The van der Waals surface area contributed by atoms with Gasteiger partial charge < -0.3 is 5.73 Å². The Morgan fingerprint density at radius 2 is 1.72 bits per heavy atom. The zero-order chi connectivity index (χ0) is 17.8. The van der Waals surface area contributed by atoms with Gasteiger partial charge in [-0.2, -0.15) is 11.8 Å². The first-order valence-corrected chi connectivity index (χ1v) is 9.17. The molecule has 0 aliphatic carbocycles. The lowest BCUT2D eigenvalue weighted by molar-refractivity contribution is 0.621. The topological polar surface area (TPSA) is 51.8 Å². The molecule has 3 rings (SSSR count). The zero-order valence-corrected chi connectivity index (χ0v) is 15.1. The van der Waals surface area contributed by atoms with Gasteiger partial charge in [0.1, 0.15) is 11.6 Å². The number of halogens is 1. The molecule has 0 bridgehead atoms. The van der Waals surface area contributed by atoms with Crippen LogP contribution in [0.25, 0.3) is 22.4 Å². The molecule has 0 saturated heterocycles. The number of rotatable bonds is 5. The third-order valence-electron chi connectivity index (χ3n) is 3.84. The number of anilines is 1. The highest BCUT2D eigenvalue weighted by Gasteiger charge is 2.17. The summed E-state index contributed by atoms with van der Waals surface area (Å²) >= 11 is 1.72. The molecule has 0 atom stereocenters. The van der Waals surface area contributed by atoms with Gasteiger partial charge in [-0.1, -0.05) is 50.2 Å². The molecule has 128 valence electrons. The molecular weight excluding hydrogens is 333 g/mol. The number of nitrogens with zero attached hydrogens (tertiary/aromatic N) is 2. The maximum Gasteiger partial charge on any atom is 0.141 e. The van der Waals surface area contributed by atoms with Crippen molar-refractivity contribution in [3.63, 3.8) is 0 Å². The molecule has 0 amide bonds. The van der Waals surface area contributed by atoms with Gasteiger partial charge in [-0.15, -0.1) is 0 Å². The molecule has 0 aliphatic heterocycles. The van der Waals surface area contributed by atoms with Crippen molar-refractivity contribution < 1.29 is 4.39 Å². The van der Waals surface area contributed by atoms with Gasteiger partial charge in [-0.05, 0) is 22.4 Å². The molecule has 0 radical (unpaired) electrons. The summed E-state index contributed by atoms with van der Waals surface area (Å²) in [5.74, 6) is 0.679. The summed E-state index contributed by atoms with van der Waals surface area (Å²) < 4.78 is 15.3. The van der Waals surface area contributed by atoms with E-state index in [0.717, 1.165) is 11.1 Å². The zero-order valence-electron chi connectivity index (χ0n) is 14.2. The summed E-state index contributed by atoms with van der Waals surface area (Å²) in [7, 11) is 0. The summed E-state index contributed by atoms with van der Waals surface area (Å²) in [4.78, 5) is 8.24. The molecule has 1 heterocycles. The molecule has 0 unspecified atom stereocenters. The summed E-state index contributed by atoms with van der Waals surface area (Å²) in [5, 5.41) is 0.419. The van der Waals surface area contributed by atoms with E-state index in [9.17, 15) is 0 Å². The minimum atomic E-state index is -0.242. The van der Waals surface area contributed by atoms with Gasteiger partial charge in [0.25, 0.3) is 0 Å². The van der Waals surface area contributed by atoms with Crippen molar-refractivity contribution in [2.24, 2.45) is 0 Å². The minimum absolute atomic E-state index is 0.242. The number of hydrogen-bond donors (Lipinski definition) is 1. The van der Waals surface area contributed by atoms with Crippen LogP contribution in [0.4, 0.5) is 10.2 Å². The number of benzene rings is 2. The SMILES string of the molecule is CC(C)SCc1c(-c2ccccc2)ccc(-c2cnc(N)cn2)c1F. The third-order valence-corrected chi connectivity index (χ3v) is 4.96. The Hall–Kier alpha value is -2.40. The maximum absolute atomic E-state index is 15.3. The lowest BCUT2D eigenvalue weighted by Crippen LogP contribution is -2.00. The van der Waals surface area contributed by atoms with Crippen molar-refractivity contribution in [3.8, 4) is 22.4 Å². The van der Waals surface area contributed by atoms with E-state index in [1.165, 1.54) is 12.4 Å². The van der Waals surface area contributed by atoms with Crippen LogP contribution in [0.2, 0.25) is 0 Å². The summed E-state index contributed by atoms with van der Waals surface area (Å²) in [6, 6.07) is 13.6. The quantitative estimate of drug-likeness (QED) is 0.687. The largest absolute Gasteiger partial charge is 0.382 e. The number of aromatic nitrogens is 2. The van der Waals surface area contributed by atoms with Gasteiger partial charge in [-0.25, -0.2) is 9.37 Å². The lowest BCUT2D eigenvalue weighted by Gasteiger charge is -2.15. The molecule has 2 N–H and O–H groups in total. The van der Waals surface area contributed by atoms with Crippen molar-refractivity contribution in [2.45, 2.75) is 24.9 Å². The van der Waals surface area contributed by atoms with Crippen LogP contribution in [0.1, 0.15) is 19.4 Å². The van der Waals surface area contributed by atoms with Crippen molar-refractivity contribution in [3.05, 3.63) is 66.2 Å². The van der Waals surface area contributed by atoms with E-state index in [1.54, 1.807) is 17.8 Å². The number of nitrogens with two attached hydrogens (primary N) is 1. The molecule has 3 aromatic rings. The third kappa shape index (κ3) is 3.99. The fourth-order valence-corrected chi connectivity index (χ4v) is 3.36. The van der Waals surface area contributed by atoms with Crippen LogP contribution in [0.5, 0.6) is 0 Å². The monoisotopic (exact) mass is 353 g/mol. The van der Waals surface area contributed by atoms with E-state index in [1.807, 2.05) is 36.4 Å². The van der Waals surface area contributed by atoms with Crippen LogP contribution < -0.4 is 5.73 Å². The second-order valence-electron chi connectivity index (χ2n) is 6.01. The number of hydrogen-bond acceptors (Lipinski definition) is 4. The number of thioether (sulfide) groups is 1. The predicted octanol–water partition coefficient (Wildman–Crippen LogP) is 5.17. The van der Waals surface area contributed by atoms with Gasteiger partial charge >= 0.3 is 0 Å². The molecular formula is C20H20FN3S. The maximum atomic E-state index is 15.3. The van der Waals surface area contributed by atoms with Crippen LogP contribution in [0, 0.1) is 5.82 Å². The molecule has 0 aliphatic rings. The first-order chi connectivity index (χ1) is 12.1. The fraction of sp³-hybridized carbons (Fsp3) is 0.200. The normalized spacial score (nSPS) is 11.0. The molecule has 0 saturated carbocycles. The van der Waals surface area contributed by atoms with Crippen LogP contribution in [-0.2, 0) is 5.75 Å². The number of nitrogen functional groups attached to an aromatic ring is 1. The van der Waals surface area contributed by atoms with Crippen molar-refractivity contribution in [1.29, 1.82) is 0 Å². The first kappa shape index (κ1) is 17.4. The van der Waals surface area contributed by atoms with Gasteiger partial charge in [0.2, 0.25) is 0 Å². The highest BCUT2D eigenvalue weighted by Crippen LogP contribution is 2.34. The van der Waals surface area contributed by atoms with Crippen molar-refractivity contribution in [2.75, 3.05) is 5.73 Å². The molecule has 1 aromatic heterocycles. The Balaban J connectivity index is 2.11. The van der Waals surface area contributed by atoms with Gasteiger partial charge in [0.15, 0.2) is 0 Å². The summed E-state index contributed by atoms with van der Waals surface area (Å²) in [6.07, 6.45) is 2.96. The highest BCUT2D eigenvalue weighted by molar-refractivity contribution is 7.99. The molecule has 0 spiro atoms. The Labute approximate surface area is 151 Å². The Morgan fingerprint density at radius 3 is 2.36 bits per heavy atom. The fourth-order valence-electron chi connectivity index (χ4n) is 2.58. The second-order valence-corrected chi connectivity index (χ2v) is 7.57. The van der Waals surface area contributed by atoms with Crippen molar-refractivity contribution in [1.82, 2.24) is 9.97 Å². The summed E-state index contributed by atoms with van der Waals surface area (Å²) in [5.41, 5.74) is 9.14. The second kappa shape index (κ2) is 7.66. The molecule has 2 aromatic carbocycles. The Morgan fingerprint density at radius 1 is 1.00 bits per heavy atom. The van der Waals surface area contributed by atoms with E-state index in [4.69, 9.17) is 5.73 Å². The molecule has 3 nitrogen and oxygen atoms in total. The Kier molecular flexibility index (Phi) is 5.34. The average molecular weight is 353 g/mol. The smallest absolute Gasteiger partial charge is 0.141 e. The highest BCUT2D eigenvalue weighted by atomic mass is 32.2. The van der Waals surface area contributed by atoms with Crippen LogP contribution in [0.3, 0.4) is 0 Å². The molecule has 5 heteroatoms. The minimum Gasteiger partial charge on any atom is -0.382 e. The average Bonchev–Trinajstić information content (AvgIpc) is 2.62. The van der Waals surface area contributed by atoms with Gasteiger partial charge in [0.05, 0.1) is 18.1 Å². The van der Waals surface area contributed by atoms with Gasteiger partial charge in [-0.3, -0.25) is 4.98 Å².